The quantitative estimate of drug-likeness (QED) is 0.853. The molecule has 0 fully saturated rings. The Morgan fingerprint density at radius 1 is 1.35 bits per heavy atom. The van der Waals surface area contributed by atoms with Crippen molar-refractivity contribution in [3.63, 3.8) is 0 Å². The molecule has 0 unspecified atom stereocenters. The number of hydrogen-bond donors (Lipinski definition) is 1. The number of alkyl halides is 3. The van der Waals surface area contributed by atoms with Crippen LogP contribution in [0.2, 0.25) is 0 Å². The van der Waals surface area contributed by atoms with Gasteiger partial charge in [-0.1, -0.05) is 15.9 Å². The van der Waals surface area contributed by atoms with E-state index in [1.807, 2.05) is 5.32 Å². The van der Waals surface area contributed by atoms with E-state index < -0.39 is 30.9 Å². The monoisotopic (exact) mass is 313 g/mol. The van der Waals surface area contributed by atoms with E-state index in [2.05, 4.69) is 15.9 Å². The van der Waals surface area contributed by atoms with Crippen molar-refractivity contribution in [3.05, 3.63) is 34.1 Å². The van der Waals surface area contributed by atoms with Gasteiger partial charge in [0.25, 0.3) is 5.91 Å². The first kappa shape index (κ1) is 14.0. The molecule has 0 aromatic heterocycles. The molecule has 94 valence electrons. The first-order valence-corrected chi connectivity index (χ1v) is 5.39. The van der Waals surface area contributed by atoms with Crippen LogP contribution in [0.5, 0.6) is 0 Å². The van der Waals surface area contributed by atoms with Gasteiger partial charge in [-0.3, -0.25) is 4.79 Å². The highest BCUT2D eigenvalue weighted by Gasteiger charge is 2.26. The third-order valence-electron chi connectivity index (χ3n) is 1.87. The summed E-state index contributed by atoms with van der Waals surface area (Å²) in [6.07, 6.45) is -5.49. The summed E-state index contributed by atoms with van der Waals surface area (Å²) in [4.78, 5) is 11.4. The highest BCUT2D eigenvalue weighted by Crippen LogP contribution is 2.19. The maximum absolute atomic E-state index is 13.2. The van der Waals surface area contributed by atoms with Gasteiger partial charge in [-0.15, -0.1) is 0 Å². The second kappa shape index (κ2) is 5.48. The molecule has 0 heterocycles. The molecule has 1 amide bonds. The fourth-order valence-electron chi connectivity index (χ4n) is 1.08. The zero-order valence-corrected chi connectivity index (χ0v) is 10.0. The Labute approximate surface area is 103 Å². The Morgan fingerprint density at radius 2 is 2.00 bits per heavy atom. The van der Waals surface area contributed by atoms with Gasteiger partial charge >= 0.3 is 6.18 Å². The molecule has 1 rings (SSSR count). The fraction of sp³-hybridized carbons (Fsp3) is 0.300. The van der Waals surface area contributed by atoms with Crippen molar-refractivity contribution >= 4 is 21.8 Å². The van der Waals surface area contributed by atoms with Gasteiger partial charge in [0.1, 0.15) is 5.82 Å². The van der Waals surface area contributed by atoms with Crippen LogP contribution in [0.1, 0.15) is 16.8 Å². The predicted molar refractivity (Wildman–Crippen MR) is 57.1 cm³/mol. The number of carbonyl (C=O) groups excluding carboxylic acids is 1. The smallest absolute Gasteiger partial charge is 0.352 e. The zero-order chi connectivity index (χ0) is 13.1. The van der Waals surface area contributed by atoms with E-state index in [4.69, 9.17) is 0 Å². The van der Waals surface area contributed by atoms with Crippen LogP contribution in [-0.4, -0.2) is 18.6 Å². The molecule has 0 saturated carbocycles. The largest absolute Gasteiger partial charge is 0.390 e. The van der Waals surface area contributed by atoms with Crippen LogP contribution in [-0.2, 0) is 0 Å². The van der Waals surface area contributed by atoms with Crippen molar-refractivity contribution in [1.82, 2.24) is 5.32 Å². The minimum Gasteiger partial charge on any atom is -0.352 e. The van der Waals surface area contributed by atoms with Crippen molar-refractivity contribution in [3.8, 4) is 0 Å². The lowest BCUT2D eigenvalue weighted by molar-refractivity contribution is -0.132. The summed E-state index contributed by atoms with van der Waals surface area (Å²) in [5.41, 5.74) is -0.290. The van der Waals surface area contributed by atoms with Gasteiger partial charge < -0.3 is 5.32 Å². The summed E-state index contributed by atoms with van der Waals surface area (Å²) >= 11 is 3.04. The molecule has 17 heavy (non-hydrogen) atoms. The van der Waals surface area contributed by atoms with Crippen LogP contribution in [0.15, 0.2) is 22.7 Å². The van der Waals surface area contributed by atoms with Gasteiger partial charge in [-0.25, -0.2) is 4.39 Å². The Balaban J connectivity index is 2.61. The van der Waals surface area contributed by atoms with E-state index in [1.54, 1.807) is 0 Å². The van der Waals surface area contributed by atoms with Crippen molar-refractivity contribution in [2.45, 2.75) is 12.6 Å². The number of amides is 1. The van der Waals surface area contributed by atoms with Crippen LogP contribution < -0.4 is 5.32 Å². The maximum atomic E-state index is 13.2. The highest BCUT2D eigenvalue weighted by atomic mass is 79.9. The maximum Gasteiger partial charge on any atom is 0.390 e. The summed E-state index contributed by atoms with van der Waals surface area (Å²) in [7, 11) is 0. The first-order chi connectivity index (χ1) is 7.79. The number of hydrogen-bond acceptors (Lipinski definition) is 1. The minimum atomic E-state index is -4.34. The molecule has 1 aromatic carbocycles. The molecule has 0 spiro atoms. The molecular formula is C10H8BrF4NO. The zero-order valence-electron chi connectivity index (χ0n) is 8.44. The van der Waals surface area contributed by atoms with Gasteiger partial charge in [0.2, 0.25) is 0 Å². The number of carbonyl (C=O) groups is 1. The molecule has 2 nitrogen and oxygen atoms in total. The Bertz CT molecular complexity index is 419. The number of halogens is 5. The lowest BCUT2D eigenvalue weighted by Crippen LogP contribution is -2.28. The number of rotatable bonds is 3. The van der Waals surface area contributed by atoms with Gasteiger partial charge in [-0.2, -0.15) is 13.2 Å². The molecule has 0 aliphatic carbocycles. The van der Waals surface area contributed by atoms with E-state index in [9.17, 15) is 22.4 Å². The molecule has 0 atom stereocenters. The van der Waals surface area contributed by atoms with Crippen LogP contribution in [0.25, 0.3) is 0 Å². The Morgan fingerprint density at radius 3 is 2.59 bits per heavy atom. The molecule has 0 aliphatic heterocycles. The second-order valence-corrected chi connectivity index (χ2v) is 4.16. The molecule has 0 aliphatic rings. The van der Waals surface area contributed by atoms with Gasteiger partial charge in [-0.05, 0) is 18.2 Å². The van der Waals surface area contributed by atoms with Crippen molar-refractivity contribution in [1.29, 1.82) is 0 Å². The Kier molecular flexibility index (Phi) is 4.50. The van der Waals surface area contributed by atoms with E-state index in [0.29, 0.717) is 4.47 Å². The molecule has 7 heteroatoms. The fourth-order valence-corrected chi connectivity index (χ4v) is 1.45. The summed E-state index contributed by atoms with van der Waals surface area (Å²) in [5, 5.41) is 2.00. The standard InChI is InChI=1S/C10H8BrF4NO/c11-6-1-2-8(12)7(5-6)9(17)16-4-3-10(13,14)15/h1-2,5H,3-4H2,(H,16,17). The Hall–Kier alpha value is -1.11. The van der Waals surface area contributed by atoms with E-state index in [0.717, 1.165) is 6.07 Å². The third-order valence-corrected chi connectivity index (χ3v) is 2.36. The summed E-state index contributed by atoms with van der Waals surface area (Å²) in [6, 6.07) is 3.66. The molecular weight excluding hydrogens is 306 g/mol. The van der Waals surface area contributed by atoms with E-state index in [1.165, 1.54) is 12.1 Å². The lowest BCUT2D eigenvalue weighted by Gasteiger charge is -2.08. The molecule has 0 radical (unpaired) electrons. The highest BCUT2D eigenvalue weighted by molar-refractivity contribution is 9.10. The normalized spacial score (nSPS) is 11.4. The third kappa shape index (κ3) is 4.72. The van der Waals surface area contributed by atoms with Crippen LogP contribution in [0.3, 0.4) is 0 Å². The van der Waals surface area contributed by atoms with Crippen LogP contribution in [0, 0.1) is 5.82 Å². The predicted octanol–water partition coefficient (Wildman–Crippen LogP) is 3.27. The van der Waals surface area contributed by atoms with Gasteiger partial charge in [0.05, 0.1) is 12.0 Å². The summed E-state index contributed by atoms with van der Waals surface area (Å²) in [5.74, 6) is -1.65. The molecule has 1 aromatic rings. The number of nitrogens with one attached hydrogen (secondary N) is 1. The van der Waals surface area contributed by atoms with Crippen molar-refractivity contribution in [2.75, 3.05) is 6.54 Å². The van der Waals surface area contributed by atoms with Gasteiger partial charge in [0, 0.05) is 11.0 Å². The average molecular weight is 314 g/mol. The van der Waals surface area contributed by atoms with Crippen molar-refractivity contribution in [2.24, 2.45) is 0 Å². The topological polar surface area (TPSA) is 29.1 Å². The second-order valence-electron chi connectivity index (χ2n) is 3.25. The SMILES string of the molecule is O=C(NCCC(F)(F)F)c1cc(Br)ccc1F. The van der Waals surface area contributed by atoms with Crippen LogP contribution in [0.4, 0.5) is 17.6 Å². The van der Waals surface area contributed by atoms with E-state index >= 15 is 0 Å². The summed E-state index contributed by atoms with van der Waals surface area (Å²) in [6.45, 7) is -0.575. The summed E-state index contributed by atoms with van der Waals surface area (Å²) < 4.78 is 49.1. The molecule has 0 saturated heterocycles. The number of benzene rings is 1. The van der Waals surface area contributed by atoms with Gasteiger partial charge in [0.15, 0.2) is 0 Å². The average Bonchev–Trinajstić information content (AvgIpc) is 2.19. The molecule has 1 N–H and O–H groups in total. The molecule has 0 bridgehead atoms. The minimum absolute atomic E-state index is 0.290. The van der Waals surface area contributed by atoms with Crippen molar-refractivity contribution < 1.29 is 22.4 Å². The first-order valence-electron chi connectivity index (χ1n) is 4.59. The lowest BCUT2D eigenvalue weighted by atomic mass is 10.2. The van der Waals surface area contributed by atoms with E-state index in [-0.39, 0.29) is 5.56 Å². The van der Waals surface area contributed by atoms with Crippen LogP contribution >= 0.6 is 15.9 Å².